The zero-order valence-corrected chi connectivity index (χ0v) is 15.6. The highest BCUT2D eigenvalue weighted by molar-refractivity contribution is 7.90. The van der Waals surface area contributed by atoms with E-state index >= 15 is 0 Å². The van der Waals surface area contributed by atoms with Crippen LogP contribution in [0.1, 0.15) is 33.3 Å². The molecule has 1 heterocycles. The molecular formula is C16H21N5O3S. The summed E-state index contributed by atoms with van der Waals surface area (Å²) in [6, 6.07) is 7.11. The van der Waals surface area contributed by atoms with Crippen molar-refractivity contribution in [3.63, 3.8) is 0 Å². The van der Waals surface area contributed by atoms with Crippen molar-refractivity contribution in [3.8, 4) is 6.07 Å². The van der Waals surface area contributed by atoms with Gasteiger partial charge in [0.05, 0.1) is 11.0 Å². The lowest BCUT2D eigenvalue weighted by Crippen LogP contribution is -2.58. The summed E-state index contributed by atoms with van der Waals surface area (Å²) in [5, 5.41) is 18.4. The first kappa shape index (κ1) is 18.9. The Hall–Kier alpha value is -2.44. The topological polar surface area (TPSA) is 117 Å². The van der Waals surface area contributed by atoms with Gasteiger partial charge in [-0.15, -0.1) is 0 Å². The molecule has 0 unspecified atom stereocenters. The number of carbonyl (C=O) groups is 1. The second-order valence-electron chi connectivity index (χ2n) is 6.96. The van der Waals surface area contributed by atoms with Gasteiger partial charge in [0.25, 0.3) is 10.0 Å². The summed E-state index contributed by atoms with van der Waals surface area (Å²) >= 11 is 0. The summed E-state index contributed by atoms with van der Waals surface area (Å²) < 4.78 is 26.2. The third-order valence-electron chi connectivity index (χ3n) is 3.94. The fourth-order valence-corrected chi connectivity index (χ4v) is 3.75. The molecular weight excluding hydrogens is 342 g/mol. The first-order valence-corrected chi connectivity index (χ1v) is 9.03. The van der Waals surface area contributed by atoms with Crippen LogP contribution in [-0.2, 0) is 10.0 Å². The molecule has 0 saturated carbocycles. The minimum absolute atomic E-state index is 0.0756. The number of amidine groups is 1. The number of hydrogen-bond acceptors (Lipinski definition) is 6. The van der Waals surface area contributed by atoms with Crippen LogP contribution >= 0.6 is 0 Å². The maximum atomic E-state index is 12.9. The Bertz CT molecular complexity index is 866. The molecule has 0 aromatic heterocycles. The van der Waals surface area contributed by atoms with Crippen LogP contribution in [0, 0.1) is 23.7 Å². The second-order valence-corrected chi connectivity index (χ2v) is 8.74. The van der Waals surface area contributed by atoms with Gasteiger partial charge in [0.15, 0.2) is 0 Å². The van der Waals surface area contributed by atoms with E-state index in [4.69, 9.17) is 5.41 Å². The van der Waals surface area contributed by atoms with Crippen LogP contribution in [0.3, 0.4) is 0 Å². The van der Waals surface area contributed by atoms with E-state index in [2.05, 4.69) is 5.43 Å². The molecule has 1 aliphatic heterocycles. The van der Waals surface area contributed by atoms with Crippen molar-refractivity contribution in [2.24, 2.45) is 0 Å². The van der Waals surface area contributed by atoms with E-state index in [0.29, 0.717) is 4.31 Å². The van der Waals surface area contributed by atoms with Gasteiger partial charge in [0.1, 0.15) is 16.9 Å². The highest BCUT2D eigenvalue weighted by atomic mass is 32.2. The smallest absolute Gasteiger partial charge is 0.285 e. The van der Waals surface area contributed by atoms with Gasteiger partial charge in [-0.05, 0) is 46.8 Å². The molecule has 1 saturated heterocycles. The predicted molar refractivity (Wildman–Crippen MR) is 92.1 cm³/mol. The third-order valence-corrected chi connectivity index (χ3v) is 5.62. The van der Waals surface area contributed by atoms with Crippen LogP contribution in [-0.4, -0.2) is 40.7 Å². The molecule has 0 radical (unpaired) electrons. The molecule has 2 rings (SSSR count). The molecule has 134 valence electrons. The Morgan fingerprint density at radius 2 is 1.76 bits per heavy atom. The normalized spacial score (nSPS) is 17.8. The van der Waals surface area contributed by atoms with Gasteiger partial charge in [0, 0.05) is 0 Å². The first-order valence-electron chi connectivity index (χ1n) is 7.59. The zero-order valence-electron chi connectivity index (χ0n) is 14.8. The lowest BCUT2D eigenvalue weighted by Gasteiger charge is -2.33. The van der Waals surface area contributed by atoms with E-state index in [0.717, 1.165) is 10.6 Å². The minimum atomic E-state index is -4.23. The van der Waals surface area contributed by atoms with Crippen LogP contribution in [0.2, 0.25) is 0 Å². The third kappa shape index (κ3) is 3.10. The predicted octanol–water partition coefficient (Wildman–Crippen LogP) is 1.98. The molecule has 1 aromatic carbocycles. The Morgan fingerprint density at radius 1 is 1.24 bits per heavy atom. The van der Waals surface area contributed by atoms with Gasteiger partial charge >= 0.3 is 6.03 Å². The zero-order chi connectivity index (χ0) is 19.2. The Kier molecular flexibility index (Phi) is 4.40. The first-order chi connectivity index (χ1) is 11.3. The number of benzene rings is 1. The van der Waals surface area contributed by atoms with E-state index in [1.807, 2.05) is 13.0 Å². The highest BCUT2D eigenvalue weighted by Crippen LogP contribution is 2.32. The molecule has 8 nitrogen and oxygen atoms in total. The molecule has 0 bridgehead atoms. The average Bonchev–Trinajstić information content (AvgIpc) is 2.68. The van der Waals surface area contributed by atoms with Crippen LogP contribution in [0.5, 0.6) is 0 Å². The van der Waals surface area contributed by atoms with Gasteiger partial charge in [-0.2, -0.15) is 9.57 Å². The number of urea groups is 1. The molecule has 0 spiro atoms. The summed E-state index contributed by atoms with van der Waals surface area (Å²) in [6.07, 6.45) is 0. The SMILES string of the molecule is Cc1ccc(S(=O)(=O)N2C(=N)C(C)(C)N(NC(C)(C)C#N)C2=O)cc1. The number of nitriles is 1. The van der Waals surface area contributed by atoms with Crippen molar-refractivity contribution in [1.82, 2.24) is 14.7 Å². The number of sulfonamides is 1. The minimum Gasteiger partial charge on any atom is -0.285 e. The van der Waals surface area contributed by atoms with E-state index in [-0.39, 0.29) is 10.7 Å². The quantitative estimate of drug-likeness (QED) is 0.848. The molecule has 9 heteroatoms. The van der Waals surface area contributed by atoms with Gasteiger partial charge in [-0.1, -0.05) is 17.7 Å². The summed E-state index contributed by atoms with van der Waals surface area (Å²) in [5.41, 5.74) is 1.23. The van der Waals surface area contributed by atoms with Gasteiger partial charge < -0.3 is 0 Å². The van der Waals surface area contributed by atoms with Crippen LogP contribution < -0.4 is 5.43 Å². The molecule has 2 amide bonds. The maximum Gasteiger partial charge on any atom is 0.355 e. The fourth-order valence-electron chi connectivity index (χ4n) is 2.31. The second kappa shape index (κ2) is 5.82. The highest BCUT2D eigenvalue weighted by Gasteiger charge is 2.55. The Morgan fingerprint density at radius 3 is 2.24 bits per heavy atom. The number of amides is 2. The average molecular weight is 363 g/mol. The molecule has 1 aromatic rings. The van der Waals surface area contributed by atoms with Crippen molar-refractivity contribution < 1.29 is 13.2 Å². The standard InChI is InChI=1S/C16H21N5O3S/c1-11-6-8-12(9-7-11)25(23,24)20-13(18)16(4,5)21(14(20)22)19-15(2,3)10-17/h6-9,18-19H,1-5H3. The molecule has 2 N–H and O–H groups in total. The molecule has 1 aliphatic rings. The van der Waals surface area contributed by atoms with Crippen LogP contribution in [0.4, 0.5) is 4.79 Å². The molecule has 1 fully saturated rings. The number of nitrogens with one attached hydrogen (secondary N) is 2. The molecule has 0 atom stereocenters. The number of nitrogens with zero attached hydrogens (tertiary/aromatic N) is 3. The molecule has 0 aliphatic carbocycles. The van der Waals surface area contributed by atoms with Gasteiger partial charge in [-0.25, -0.2) is 23.6 Å². The lowest BCUT2D eigenvalue weighted by molar-refractivity contribution is 0.117. The fraction of sp³-hybridized carbons (Fsp3) is 0.438. The van der Waals surface area contributed by atoms with E-state index in [1.54, 1.807) is 39.8 Å². The van der Waals surface area contributed by atoms with Gasteiger partial charge in [0.2, 0.25) is 0 Å². The number of hydrogen-bond donors (Lipinski definition) is 2. The monoisotopic (exact) mass is 363 g/mol. The summed E-state index contributed by atoms with van der Waals surface area (Å²) in [7, 11) is -4.23. The number of aryl methyl sites for hydroxylation is 1. The van der Waals surface area contributed by atoms with Crippen molar-refractivity contribution in [2.45, 2.75) is 50.6 Å². The van der Waals surface area contributed by atoms with Crippen LogP contribution in [0.25, 0.3) is 0 Å². The van der Waals surface area contributed by atoms with Crippen molar-refractivity contribution in [2.75, 3.05) is 0 Å². The van der Waals surface area contributed by atoms with Crippen LogP contribution in [0.15, 0.2) is 29.2 Å². The van der Waals surface area contributed by atoms with Crippen molar-refractivity contribution >= 4 is 21.9 Å². The summed E-state index contributed by atoms with van der Waals surface area (Å²) in [4.78, 5) is 12.7. The largest absolute Gasteiger partial charge is 0.355 e. The maximum absolute atomic E-state index is 12.9. The summed E-state index contributed by atoms with van der Waals surface area (Å²) in [6.45, 7) is 8.00. The van der Waals surface area contributed by atoms with Crippen molar-refractivity contribution in [1.29, 1.82) is 10.7 Å². The van der Waals surface area contributed by atoms with Gasteiger partial charge in [-0.3, -0.25) is 5.41 Å². The number of rotatable bonds is 4. The van der Waals surface area contributed by atoms with E-state index in [9.17, 15) is 18.5 Å². The molecule has 25 heavy (non-hydrogen) atoms. The van der Waals surface area contributed by atoms with Crippen molar-refractivity contribution in [3.05, 3.63) is 29.8 Å². The Balaban J connectivity index is 2.50. The Labute approximate surface area is 147 Å². The number of carbonyl (C=O) groups excluding carboxylic acids is 1. The van der Waals surface area contributed by atoms with E-state index < -0.39 is 27.1 Å². The lowest BCUT2D eigenvalue weighted by atomic mass is 10.0. The number of hydrazine groups is 1. The summed E-state index contributed by atoms with van der Waals surface area (Å²) in [5.74, 6) is -0.390. The van der Waals surface area contributed by atoms with E-state index in [1.165, 1.54) is 12.1 Å².